The fraction of sp³-hybridized carbons (Fsp3) is 0.500. The van der Waals surface area contributed by atoms with Crippen molar-refractivity contribution in [2.45, 2.75) is 39.0 Å². The van der Waals surface area contributed by atoms with Gasteiger partial charge < -0.3 is 4.74 Å². The van der Waals surface area contributed by atoms with Gasteiger partial charge in [0.25, 0.3) is 0 Å². The van der Waals surface area contributed by atoms with Crippen molar-refractivity contribution in [1.82, 2.24) is 0 Å². The number of aryl methyl sites for hydroxylation is 1. The predicted octanol–water partition coefficient (Wildman–Crippen LogP) is 2.92. The summed E-state index contributed by atoms with van der Waals surface area (Å²) in [5.41, 5.74) is 2.60. The van der Waals surface area contributed by atoms with Gasteiger partial charge in [-0.3, -0.25) is 4.79 Å². The third-order valence-electron chi connectivity index (χ3n) is 3.04. The number of hydrogen-bond acceptors (Lipinski definition) is 2. The second-order valence-electron chi connectivity index (χ2n) is 4.28. The van der Waals surface area contributed by atoms with Crippen LogP contribution in [0, 0.1) is 0 Å². The molecule has 0 saturated carbocycles. The Balaban J connectivity index is 2.00. The monoisotopic (exact) mass is 218 g/mol. The van der Waals surface area contributed by atoms with Gasteiger partial charge in [-0.1, -0.05) is 19.1 Å². The lowest BCUT2D eigenvalue weighted by Gasteiger charge is -2.06. The average molecular weight is 218 g/mol. The maximum absolute atomic E-state index is 11.5. The van der Waals surface area contributed by atoms with Crippen LogP contribution in [0.1, 0.15) is 37.3 Å². The lowest BCUT2D eigenvalue weighted by molar-refractivity contribution is -0.119. The highest BCUT2D eigenvalue weighted by Crippen LogP contribution is 2.28. The van der Waals surface area contributed by atoms with Gasteiger partial charge in [-0.2, -0.15) is 0 Å². The van der Waals surface area contributed by atoms with Crippen LogP contribution in [0.25, 0.3) is 0 Å². The number of carbonyl (C=O) groups is 1. The maximum Gasteiger partial charge on any atom is 0.133 e. The van der Waals surface area contributed by atoms with E-state index in [-0.39, 0.29) is 0 Å². The third kappa shape index (κ3) is 2.43. The Morgan fingerprint density at radius 2 is 2.25 bits per heavy atom. The molecule has 1 aromatic carbocycles. The molecule has 1 aliphatic heterocycles. The molecular formula is C14H18O2. The second-order valence-corrected chi connectivity index (χ2v) is 4.28. The molecule has 0 saturated heterocycles. The van der Waals surface area contributed by atoms with Gasteiger partial charge in [0.2, 0.25) is 0 Å². The molecule has 1 aromatic rings. The summed E-state index contributed by atoms with van der Waals surface area (Å²) < 4.78 is 5.51. The first-order valence-corrected chi connectivity index (χ1v) is 6.06. The summed E-state index contributed by atoms with van der Waals surface area (Å²) in [6.07, 6.45) is 4.20. The van der Waals surface area contributed by atoms with Crippen LogP contribution in [0.3, 0.4) is 0 Å². The van der Waals surface area contributed by atoms with Crippen LogP contribution in [0.4, 0.5) is 0 Å². The minimum Gasteiger partial charge on any atom is -0.493 e. The zero-order valence-electron chi connectivity index (χ0n) is 9.79. The van der Waals surface area contributed by atoms with E-state index in [1.54, 1.807) is 0 Å². The molecule has 86 valence electrons. The number of fused-ring (bicyclic) bond motifs is 1. The Kier molecular flexibility index (Phi) is 3.60. The van der Waals surface area contributed by atoms with E-state index in [0.717, 1.165) is 31.6 Å². The summed E-state index contributed by atoms with van der Waals surface area (Å²) >= 11 is 0. The molecule has 2 heteroatoms. The van der Waals surface area contributed by atoms with E-state index in [1.165, 1.54) is 11.1 Å². The van der Waals surface area contributed by atoms with Crippen LogP contribution in [0.2, 0.25) is 0 Å². The highest BCUT2D eigenvalue weighted by molar-refractivity contribution is 5.78. The molecule has 0 aliphatic carbocycles. The van der Waals surface area contributed by atoms with Gasteiger partial charge in [-0.25, -0.2) is 0 Å². The van der Waals surface area contributed by atoms with E-state index in [9.17, 15) is 4.79 Å². The van der Waals surface area contributed by atoms with Gasteiger partial charge in [0.1, 0.15) is 11.5 Å². The van der Waals surface area contributed by atoms with E-state index in [4.69, 9.17) is 4.74 Å². The maximum atomic E-state index is 11.5. The number of Topliss-reactive ketones (excluding diaryl/α,β-unsaturated/α-hetero) is 1. The summed E-state index contributed by atoms with van der Waals surface area (Å²) in [5, 5.41) is 0. The van der Waals surface area contributed by atoms with Gasteiger partial charge in [0, 0.05) is 24.8 Å². The van der Waals surface area contributed by atoms with E-state index >= 15 is 0 Å². The summed E-state index contributed by atoms with van der Waals surface area (Å²) in [6.45, 7) is 2.83. The molecule has 0 fully saturated rings. The smallest absolute Gasteiger partial charge is 0.133 e. The molecule has 0 radical (unpaired) electrons. The van der Waals surface area contributed by atoms with Crippen LogP contribution < -0.4 is 4.74 Å². The number of benzene rings is 1. The lowest BCUT2D eigenvalue weighted by Crippen LogP contribution is -2.01. The predicted molar refractivity (Wildman–Crippen MR) is 63.9 cm³/mol. The van der Waals surface area contributed by atoms with Crippen LogP contribution in [0.5, 0.6) is 5.75 Å². The highest BCUT2D eigenvalue weighted by atomic mass is 16.5. The summed E-state index contributed by atoms with van der Waals surface area (Å²) in [6, 6.07) is 6.15. The van der Waals surface area contributed by atoms with Crippen LogP contribution in [0.15, 0.2) is 18.2 Å². The molecule has 0 unspecified atom stereocenters. The average Bonchev–Trinajstić information content (AvgIpc) is 2.75. The zero-order chi connectivity index (χ0) is 11.4. The lowest BCUT2D eigenvalue weighted by atomic mass is 9.99. The fourth-order valence-corrected chi connectivity index (χ4v) is 2.21. The molecule has 0 spiro atoms. The Morgan fingerprint density at radius 3 is 3.06 bits per heavy atom. The second kappa shape index (κ2) is 5.15. The number of ether oxygens (including phenoxy) is 1. The van der Waals surface area contributed by atoms with Gasteiger partial charge in [0.05, 0.1) is 6.61 Å². The molecule has 1 heterocycles. The summed E-state index contributed by atoms with van der Waals surface area (Å²) in [5.74, 6) is 1.39. The number of ketones is 1. The molecule has 0 atom stereocenters. The van der Waals surface area contributed by atoms with Crippen molar-refractivity contribution in [1.29, 1.82) is 0 Å². The molecule has 1 aliphatic rings. The quantitative estimate of drug-likeness (QED) is 0.759. The normalized spacial score (nSPS) is 13.3. The molecule has 0 amide bonds. The van der Waals surface area contributed by atoms with Gasteiger partial charge in [-0.05, 0) is 24.5 Å². The first-order valence-electron chi connectivity index (χ1n) is 6.06. The Bertz CT molecular complexity index is 382. The van der Waals surface area contributed by atoms with Crippen molar-refractivity contribution in [3.8, 4) is 5.75 Å². The topological polar surface area (TPSA) is 26.3 Å². The summed E-state index contributed by atoms with van der Waals surface area (Å²) in [4.78, 5) is 11.5. The van der Waals surface area contributed by atoms with Crippen LogP contribution >= 0.6 is 0 Å². The first-order chi connectivity index (χ1) is 7.81. The zero-order valence-corrected chi connectivity index (χ0v) is 9.79. The minimum absolute atomic E-state index is 0.374. The largest absolute Gasteiger partial charge is 0.493 e. The SMILES string of the molecule is CCCC(=O)CCc1cccc2c1CCO2. The van der Waals surface area contributed by atoms with Crippen LogP contribution in [-0.2, 0) is 17.6 Å². The van der Waals surface area contributed by atoms with Gasteiger partial charge in [-0.15, -0.1) is 0 Å². The third-order valence-corrected chi connectivity index (χ3v) is 3.04. The van der Waals surface area contributed by atoms with Gasteiger partial charge >= 0.3 is 0 Å². The van der Waals surface area contributed by atoms with Crippen molar-refractivity contribution in [3.05, 3.63) is 29.3 Å². The summed E-state index contributed by atoms with van der Waals surface area (Å²) in [7, 11) is 0. The number of rotatable bonds is 5. The van der Waals surface area contributed by atoms with E-state index in [2.05, 4.69) is 6.07 Å². The minimum atomic E-state index is 0.374. The highest BCUT2D eigenvalue weighted by Gasteiger charge is 2.15. The molecule has 0 N–H and O–H groups in total. The molecule has 0 aromatic heterocycles. The molecule has 0 bridgehead atoms. The van der Waals surface area contributed by atoms with Crippen molar-refractivity contribution in [2.24, 2.45) is 0 Å². The number of carbonyl (C=O) groups excluding carboxylic acids is 1. The Labute approximate surface area is 96.6 Å². The molecular weight excluding hydrogens is 200 g/mol. The van der Waals surface area contributed by atoms with E-state index < -0.39 is 0 Å². The molecule has 2 nitrogen and oxygen atoms in total. The van der Waals surface area contributed by atoms with Crippen molar-refractivity contribution >= 4 is 5.78 Å². The Morgan fingerprint density at radius 1 is 1.38 bits per heavy atom. The van der Waals surface area contributed by atoms with Gasteiger partial charge in [0.15, 0.2) is 0 Å². The van der Waals surface area contributed by atoms with E-state index in [0.29, 0.717) is 18.6 Å². The Hall–Kier alpha value is -1.31. The fourth-order valence-electron chi connectivity index (χ4n) is 2.21. The van der Waals surface area contributed by atoms with Crippen LogP contribution in [-0.4, -0.2) is 12.4 Å². The van der Waals surface area contributed by atoms with E-state index in [1.807, 2.05) is 19.1 Å². The molecule has 2 rings (SSSR count). The molecule has 16 heavy (non-hydrogen) atoms. The van der Waals surface area contributed by atoms with Crippen molar-refractivity contribution in [3.63, 3.8) is 0 Å². The standard InChI is InChI=1S/C14H18O2/c1-2-4-12(15)8-7-11-5-3-6-14-13(11)9-10-16-14/h3,5-6H,2,4,7-10H2,1H3. The first kappa shape index (κ1) is 11.2. The number of hydrogen-bond donors (Lipinski definition) is 0. The van der Waals surface area contributed by atoms with Crippen molar-refractivity contribution < 1.29 is 9.53 Å². The van der Waals surface area contributed by atoms with Crippen molar-refractivity contribution in [2.75, 3.05) is 6.61 Å².